The van der Waals surface area contributed by atoms with Crippen LogP contribution in [0.25, 0.3) is 0 Å². The Morgan fingerprint density at radius 1 is 0.974 bits per heavy atom. The molecule has 0 N–H and O–H groups in total. The number of carbonyl (C=O) groups is 2. The molecule has 5 rings (SSSR count). The zero-order valence-corrected chi connectivity index (χ0v) is 21.5. The van der Waals surface area contributed by atoms with Gasteiger partial charge in [0.05, 0.1) is 25.0 Å². The number of halogens is 2. The molecule has 2 aromatic rings. The zero-order chi connectivity index (χ0) is 26.5. The van der Waals surface area contributed by atoms with E-state index in [-0.39, 0.29) is 30.4 Å². The number of carbonyl (C=O) groups excluding carboxylic acids is 2. The number of rotatable bonds is 8. The molecular weight excluding hydrogens is 490 g/mol. The van der Waals surface area contributed by atoms with Gasteiger partial charge in [-0.3, -0.25) is 14.5 Å². The molecule has 0 bridgehead atoms. The Morgan fingerprint density at radius 3 is 2.37 bits per heavy atom. The summed E-state index contributed by atoms with van der Waals surface area (Å²) in [7, 11) is 0. The number of hydrogen-bond donors (Lipinski definition) is 0. The number of morpholine rings is 1. The van der Waals surface area contributed by atoms with Crippen LogP contribution in [0.1, 0.15) is 49.3 Å². The van der Waals surface area contributed by atoms with E-state index in [4.69, 9.17) is 4.74 Å². The van der Waals surface area contributed by atoms with Crippen LogP contribution < -0.4 is 0 Å². The zero-order valence-electron chi connectivity index (χ0n) is 21.5. The van der Waals surface area contributed by atoms with Gasteiger partial charge in [-0.2, -0.15) is 5.10 Å². The lowest BCUT2D eigenvalue weighted by Crippen LogP contribution is -2.48. The summed E-state index contributed by atoms with van der Waals surface area (Å²) < 4.78 is 34.9. The average molecular weight is 525 g/mol. The minimum Gasteiger partial charge on any atom is -0.379 e. The molecule has 0 aromatic heterocycles. The van der Waals surface area contributed by atoms with Crippen LogP contribution >= 0.6 is 0 Å². The lowest BCUT2D eigenvalue weighted by atomic mass is 9.97. The number of benzene rings is 2. The maximum atomic E-state index is 14.9. The lowest BCUT2D eigenvalue weighted by Gasteiger charge is -2.32. The monoisotopic (exact) mass is 524 g/mol. The lowest BCUT2D eigenvalue weighted by molar-refractivity contribution is -0.144. The van der Waals surface area contributed by atoms with Gasteiger partial charge in [0.1, 0.15) is 18.2 Å². The van der Waals surface area contributed by atoms with Crippen LogP contribution in [0.5, 0.6) is 0 Å². The van der Waals surface area contributed by atoms with Crippen molar-refractivity contribution in [2.45, 2.75) is 38.1 Å². The SMILES string of the molecule is O=C(C1CCCC1)N(CCN1CCOCC1)CC(=O)N1N=C(c2ccccc2F)CC1c1ccccc1F. The van der Waals surface area contributed by atoms with Crippen LogP contribution in [-0.2, 0) is 14.3 Å². The van der Waals surface area contributed by atoms with E-state index in [1.165, 1.54) is 17.1 Å². The number of hydrazone groups is 1. The first-order chi connectivity index (χ1) is 18.5. The fourth-order valence-corrected chi connectivity index (χ4v) is 5.61. The van der Waals surface area contributed by atoms with Gasteiger partial charge in [0.25, 0.3) is 5.91 Å². The van der Waals surface area contributed by atoms with Gasteiger partial charge in [0, 0.05) is 49.6 Å². The second-order valence-electron chi connectivity index (χ2n) is 10.2. The van der Waals surface area contributed by atoms with Crippen molar-refractivity contribution < 1.29 is 23.1 Å². The van der Waals surface area contributed by atoms with Crippen LogP contribution in [0, 0.1) is 17.6 Å². The molecule has 2 aromatic carbocycles. The first-order valence-electron chi connectivity index (χ1n) is 13.5. The molecule has 2 heterocycles. The van der Waals surface area contributed by atoms with E-state index >= 15 is 0 Å². The van der Waals surface area contributed by atoms with Gasteiger partial charge in [0.15, 0.2) is 0 Å². The van der Waals surface area contributed by atoms with Gasteiger partial charge in [0.2, 0.25) is 5.91 Å². The van der Waals surface area contributed by atoms with Crippen LogP contribution in [0.4, 0.5) is 8.78 Å². The Kier molecular flexibility index (Phi) is 8.44. The fourth-order valence-electron chi connectivity index (χ4n) is 5.61. The van der Waals surface area contributed by atoms with Gasteiger partial charge >= 0.3 is 0 Å². The Bertz CT molecular complexity index is 1180. The Labute approximate surface area is 222 Å². The van der Waals surface area contributed by atoms with Crippen molar-refractivity contribution in [3.05, 3.63) is 71.3 Å². The summed E-state index contributed by atoms with van der Waals surface area (Å²) >= 11 is 0. The Balaban J connectivity index is 1.39. The molecular formula is C29H34F2N4O3. The molecule has 1 saturated carbocycles. The van der Waals surface area contributed by atoms with Crippen molar-refractivity contribution in [3.8, 4) is 0 Å². The van der Waals surface area contributed by atoms with Gasteiger partial charge in [-0.15, -0.1) is 0 Å². The van der Waals surface area contributed by atoms with E-state index in [1.54, 1.807) is 41.3 Å². The topological polar surface area (TPSA) is 65.5 Å². The van der Waals surface area contributed by atoms with E-state index in [0.29, 0.717) is 37.6 Å². The smallest absolute Gasteiger partial charge is 0.262 e. The van der Waals surface area contributed by atoms with Gasteiger partial charge in [-0.1, -0.05) is 49.2 Å². The van der Waals surface area contributed by atoms with Crippen LogP contribution in [-0.4, -0.2) is 78.3 Å². The predicted octanol–water partition coefficient (Wildman–Crippen LogP) is 3.99. The first kappa shape index (κ1) is 26.4. The fraction of sp³-hybridized carbons (Fsp3) is 0.483. The summed E-state index contributed by atoms with van der Waals surface area (Å²) in [6, 6.07) is 11.8. The summed E-state index contributed by atoms with van der Waals surface area (Å²) in [6.07, 6.45) is 3.87. The van der Waals surface area contributed by atoms with Crippen molar-refractivity contribution >= 4 is 17.5 Å². The second-order valence-corrected chi connectivity index (χ2v) is 10.2. The summed E-state index contributed by atoms with van der Waals surface area (Å²) in [5, 5.41) is 5.76. The third-order valence-corrected chi connectivity index (χ3v) is 7.75. The highest BCUT2D eigenvalue weighted by molar-refractivity contribution is 6.03. The quantitative estimate of drug-likeness (QED) is 0.524. The van der Waals surface area contributed by atoms with Crippen LogP contribution in [0.15, 0.2) is 53.6 Å². The summed E-state index contributed by atoms with van der Waals surface area (Å²) in [4.78, 5) is 31.1. The summed E-state index contributed by atoms with van der Waals surface area (Å²) in [5.74, 6) is -1.39. The van der Waals surface area contributed by atoms with E-state index in [1.807, 2.05) is 0 Å². The number of amides is 2. The number of hydrogen-bond acceptors (Lipinski definition) is 5. The molecule has 1 saturated heterocycles. The molecule has 202 valence electrons. The van der Waals surface area contributed by atoms with Crippen molar-refractivity contribution in [1.29, 1.82) is 0 Å². The van der Waals surface area contributed by atoms with Crippen molar-refractivity contribution in [2.24, 2.45) is 11.0 Å². The number of ether oxygens (including phenoxy) is 1. The minimum absolute atomic E-state index is 0.0101. The molecule has 0 spiro atoms. The highest BCUT2D eigenvalue weighted by atomic mass is 19.1. The van der Waals surface area contributed by atoms with E-state index < -0.39 is 23.6 Å². The van der Waals surface area contributed by atoms with E-state index in [2.05, 4.69) is 10.0 Å². The molecule has 2 aliphatic heterocycles. The van der Waals surface area contributed by atoms with Gasteiger partial charge in [-0.05, 0) is 25.0 Å². The first-order valence-corrected chi connectivity index (χ1v) is 13.5. The molecule has 1 atom stereocenters. The maximum absolute atomic E-state index is 14.9. The third-order valence-electron chi connectivity index (χ3n) is 7.75. The molecule has 1 unspecified atom stereocenters. The molecule has 1 aliphatic carbocycles. The maximum Gasteiger partial charge on any atom is 0.262 e. The second kappa shape index (κ2) is 12.1. The normalized spacial score (nSPS) is 20.5. The van der Waals surface area contributed by atoms with Crippen molar-refractivity contribution in [1.82, 2.24) is 14.8 Å². The van der Waals surface area contributed by atoms with Crippen LogP contribution in [0.2, 0.25) is 0 Å². The molecule has 9 heteroatoms. The molecule has 38 heavy (non-hydrogen) atoms. The molecule has 2 fully saturated rings. The van der Waals surface area contributed by atoms with E-state index in [9.17, 15) is 18.4 Å². The summed E-state index contributed by atoms with van der Waals surface area (Å²) in [6.45, 7) is 3.80. The molecule has 3 aliphatic rings. The van der Waals surface area contributed by atoms with Crippen LogP contribution in [0.3, 0.4) is 0 Å². The number of nitrogens with zero attached hydrogens (tertiary/aromatic N) is 4. The highest BCUT2D eigenvalue weighted by Crippen LogP contribution is 2.35. The molecule has 2 amide bonds. The average Bonchev–Trinajstić information content (AvgIpc) is 3.63. The molecule has 0 radical (unpaired) electrons. The summed E-state index contributed by atoms with van der Waals surface area (Å²) in [5.41, 5.74) is 0.986. The minimum atomic E-state index is -0.721. The Morgan fingerprint density at radius 2 is 1.66 bits per heavy atom. The largest absolute Gasteiger partial charge is 0.379 e. The highest BCUT2D eigenvalue weighted by Gasteiger charge is 2.37. The standard InChI is InChI=1S/C29H34F2N4O3/c30-24-11-5-3-9-22(24)26-19-27(23-10-4-6-12-25(23)31)35(32-26)28(36)20-34(29(37)21-7-1-2-8-21)14-13-33-15-17-38-18-16-33/h3-6,9-12,21,27H,1-2,7-8,13-20H2. The van der Waals surface area contributed by atoms with Gasteiger partial charge in [-0.25, -0.2) is 13.8 Å². The van der Waals surface area contributed by atoms with Crippen molar-refractivity contribution in [3.63, 3.8) is 0 Å². The van der Waals surface area contributed by atoms with Crippen molar-refractivity contribution in [2.75, 3.05) is 45.9 Å². The molecule has 7 nitrogen and oxygen atoms in total. The van der Waals surface area contributed by atoms with Gasteiger partial charge < -0.3 is 9.64 Å². The third kappa shape index (κ3) is 5.94. The Hall–Kier alpha value is -3.17. The predicted molar refractivity (Wildman–Crippen MR) is 139 cm³/mol. The van der Waals surface area contributed by atoms with E-state index in [0.717, 1.165) is 38.8 Å².